The second-order valence-corrected chi connectivity index (χ2v) is 6.78. The highest BCUT2D eigenvalue weighted by Gasteiger charge is 2.28. The maximum Gasteiger partial charge on any atom is 0.236 e. The maximum atomic E-state index is 11.2. The van der Waals surface area contributed by atoms with Gasteiger partial charge >= 0.3 is 0 Å². The molecule has 6 nitrogen and oxygen atoms in total. The Balaban J connectivity index is 1.89. The molecule has 0 aliphatic carbocycles. The molecule has 1 aliphatic rings. The first-order valence-corrected chi connectivity index (χ1v) is 7.92. The van der Waals surface area contributed by atoms with Crippen molar-refractivity contribution in [1.29, 1.82) is 0 Å². The number of benzene rings is 1. The number of nitrogens with zero attached hydrogens (tertiary/aromatic N) is 2. The van der Waals surface area contributed by atoms with Gasteiger partial charge in [0.15, 0.2) is 15.7 Å². The zero-order chi connectivity index (χ0) is 13.5. The normalized spacial score (nSPS) is 18.1. The summed E-state index contributed by atoms with van der Waals surface area (Å²) in [7, 11) is -3.15. The minimum atomic E-state index is -3.15. The fraction of sp³-hybridized carbons (Fsp3) is 0.333. The molecule has 100 valence electrons. The van der Waals surface area contributed by atoms with Crippen LogP contribution in [-0.4, -0.2) is 31.4 Å². The number of para-hydroxylation sites is 1. The summed E-state index contributed by atoms with van der Waals surface area (Å²) in [4.78, 5) is 4.18. The molecule has 0 radical (unpaired) electrons. The minimum absolute atomic E-state index is 0.0167. The molecule has 0 amide bonds. The van der Waals surface area contributed by atoms with Gasteiger partial charge in [0.1, 0.15) is 5.75 Å². The highest BCUT2D eigenvalue weighted by Crippen LogP contribution is 2.34. The summed E-state index contributed by atoms with van der Waals surface area (Å²) < 4.78 is 27.6. The number of fused-ring (bicyclic) bond motifs is 1. The van der Waals surface area contributed by atoms with Crippen molar-refractivity contribution >= 4 is 15.5 Å². The van der Waals surface area contributed by atoms with Gasteiger partial charge in [-0.2, -0.15) is 4.98 Å². The van der Waals surface area contributed by atoms with E-state index in [1.807, 2.05) is 24.3 Å². The van der Waals surface area contributed by atoms with Crippen LogP contribution in [0.2, 0.25) is 0 Å². The Morgan fingerprint density at radius 2 is 2.21 bits per heavy atom. The molecular formula is C12H13N3O3S. The van der Waals surface area contributed by atoms with Crippen molar-refractivity contribution in [3.8, 4) is 0 Å². The Labute approximate surface area is 110 Å². The van der Waals surface area contributed by atoms with E-state index >= 15 is 0 Å². The summed E-state index contributed by atoms with van der Waals surface area (Å²) in [5.74, 6) is 0.452. The average Bonchev–Trinajstić information content (AvgIpc) is 2.92. The van der Waals surface area contributed by atoms with Gasteiger partial charge in [-0.25, -0.2) is 8.42 Å². The molecule has 1 aliphatic heterocycles. The van der Waals surface area contributed by atoms with Crippen LogP contribution in [-0.2, 0) is 15.6 Å². The summed E-state index contributed by atoms with van der Waals surface area (Å²) in [6.45, 7) is 0.680. The van der Waals surface area contributed by atoms with E-state index in [0.717, 1.165) is 17.5 Å². The van der Waals surface area contributed by atoms with E-state index in [1.165, 1.54) is 0 Å². The topological polar surface area (TPSA) is 85.1 Å². The monoisotopic (exact) mass is 279 g/mol. The van der Waals surface area contributed by atoms with Gasteiger partial charge in [0.25, 0.3) is 0 Å². The van der Waals surface area contributed by atoms with E-state index < -0.39 is 9.84 Å². The Morgan fingerprint density at radius 1 is 1.42 bits per heavy atom. The van der Waals surface area contributed by atoms with Crippen molar-refractivity contribution in [1.82, 2.24) is 10.1 Å². The molecule has 0 saturated carbocycles. The Hall–Kier alpha value is -1.89. The zero-order valence-corrected chi connectivity index (χ0v) is 11.1. The Morgan fingerprint density at radius 3 is 3.00 bits per heavy atom. The molecule has 3 rings (SSSR count). The summed E-state index contributed by atoms with van der Waals surface area (Å²) in [6, 6.07) is 7.90. The first-order chi connectivity index (χ1) is 9.03. The van der Waals surface area contributed by atoms with E-state index in [1.54, 1.807) is 0 Å². The minimum Gasteiger partial charge on any atom is -0.384 e. The maximum absolute atomic E-state index is 11.2. The molecule has 1 aromatic carbocycles. The van der Waals surface area contributed by atoms with E-state index in [9.17, 15) is 8.42 Å². The van der Waals surface area contributed by atoms with E-state index in [2.05, 4.69) is 15.5 Å². The lowest BCUT2D eigenvalue weighted by atomic mass is 10.0. The van der Waals surface area contributed by atoms with Gasteiger partial charge in [0.2, 0.25) is 5.89 Å². The highest BCUT2D eigenvalue weighted by atomic mass is 32.2. The summed E-state index contributed by atoms with van der Waals surface area (Å²) >= 11 is 0. The lowest BCUT2D eigenvalue weighted by Crippen LogP contribution is -2.05. The molecular weight excluding hydrogens is 266 g/mol. The van der Waals surface area contributed by atoms with E-state index in [4.69, 9.17) is 4.52 Å². The number of aromatic nitrogens is 2. The molecule has 2 heterocycles. The Kier molecular flexibility index (Phi) is 2.78. The largest absolute Gasteiger partial charge is 0.384 e. The van der Waals surface area contributed by atoms with Crippen LogP contribution in [0.5, 0.6) is 0 Å². The van der Waals surface area contributed by atoms with E-state index in [0.29, 0.717) is 12.4 Å². The molecule has 19 heavy (non-hydrogen) atoms. The second-order valence-electron chi connectivity index (χ2n) is 4.64. The van der Waals surface area contributed by atoms with Crippen LogP contribution in [0.1, 0.15) is 23.2 Å². The molecule has 0 fully saturated rings. The summed E-state index contributed by atoms with van der Waals surface area (Å²) in [5, 5.41) is 6.99. The van der Waals surface area contributed by atoms with Crippen LogP contribution < -0.4 is 5.32 Å². The molecule has 7 heteroatoms. The first kappa shape index (κ1) is 12.2. The fourth-order valence-corrected chi connectivity index (χ4v) is 2.79. The predicted molar refractivity (Wildman–Crippen MR) is 69.6 cm³/mol. The van der Waals surface area contributed by atoms with E-state index in [-0.39, 0.29) is 17.5 Å². The smallest absolute Gasteiger partial charge is 0.236 e. The average molecular weight is 279 g/mol. The third kappa shape index (κ3) is 2.46. The fourth-order valence-electron chi connectivity index (χ4n) is 2.21. The second kappa shape index (κ2) is 4.34. The van der Waals surface area contributed by atoms with Crippen LogP contribution in [0.4, 0.5) is 5.69 Å². The van der Waals surface area contributed by atoms with Gasteiger partial charge in [-0.1, -0.05) is 23.4 Å². The predicted octanol–water partition coefficient (Wildman–Crippen LogP) is 1.17. The van der Waals surface area contributed by atoms with Crippen molar-refractivity contribution in [3.05, 3.63) is 41.5 Å². The molecule has 1 N–H and O–H groups in total. The van der Waals surface area contributed by atoms with Crippen molar-refractivity contribution in [3.63, 3.8) is 0 Å². The zero-order valence-electron chi connectivity index (χ0n) is 10.3. The molecule has 0 saturated heterocycles. The quantitative estimate of drug-likeness (QED) is 0.907. The number of hydrogen-bond acceptors (Lipinski definition) is 6. The summed E-state index contributed by atoms with van der Waals surface area (Å²) in [6.07, 6.45) is 1.15. The number of rotatable bonds is 3. The first-order valence-electron chi connectivity index (χ1n) is 5.86. The van der Waals surface area contributed by atoms with Crippen LogP contribution >= 0.6 is 0 Å². The van der Waals surface area contributed by atoms with Gasteiger partial charge < -0.3 is 9.84 Å². The molecule has 1 atom stereocenters. The molecule has 2 aromatic rings. The number of sulfone groups is 1. The van der Waals surface area contributed by atoms with Crippen molar-refractivity contribution in [2.75, 3.05) is 18.1 Å². The molecule has 0 bridgehead atoms. The van der Waals surface area contributed by atoms with Crippen LogP contribution in [0, 0.1) is 0 Å². The SMILES string of the molecule is CS(=O)(=O)Cc1noc(C2CNc3ccccc32)n1. The van der Waals surface area contributed by atoms with Crippen molar-refractivity contribution in [2.24, 2.45) is 0 Å². The molecule has 0 spiro atoms. The number of hydrogen-bond donors (Lipinski definition) is 1. The number of nitrogens with one attached hydrogen (secondary N) is 1. The number of anilines is 1. The summed E-state index contributed by atoms with van der Waals surface area (Å²) in [5.41, 5.74) is 2.15. The van der Waals surface area contributed by atoms with Crippen molar-refractivity contribution < 1.29 is 12.9 Å². The van der Waals surface area contributed by atoms with Crippen LogP contribution in [0.25, 0.3) is 0 Å². The third-order valence-electron chi connectivity index (χ3n) is 3.01. The lowest BCUT2D eigenvalue weighted by Gasteiger charge is -2.02. The van der Waals surface area contributed by atoms with Gasteiger partial charge in [0.05, 0.1) is 5.92 Å². The van der Waals surface area contributed by atoms with Gasteiger partial charge in [0, 0.05) is 18.5 Å². The highest BCUT2D eigenvalue weighted by molar-refractivity contribution is 7.89. The van der Waals surface area contributed by atoms with Crippen molar-refractivity contribution in [2.45, 2.75) is 11.7 Å². The molecule has 1 unspecified atom stereocenters. The third-order valence-corrected chi connectivity index (χ3v) is 3.79. The molecule has 1 aromatic heterocycles. The van der Waals surface area contributed by atoms with Gasteiger partial charge in [-0.15, -0.1) is 0 Å². The van der Waals surface area contributed by atoms with Gasteiger partial charge in [-0.3, -0.25) is 0 Å². The van der Waals surface area contributed by atoms with Gasteiger partial charge in [-0.05, 0) is 11.6 Å². The van der Waals surface area contributed by atoms with Crippen LogP contribution in [0.3, 0.4) is 0 Å². The Bertz CT molecular complexity index is 709. The van der Waals surface area contributed by atoms with Crippen LogP contribution in [0.15, 0.2) is 28.8 Å². The standard InChI is InChI=1S/C12H13N3O3S/c1-19(16,17)7-11-14-12(18-15-11)9-6-13-10-5-3-2-4-8(9)10/h2-5,9,13H,6-7H2,1H3. The lowest BCUT2D eigenvalue weighted by molar-refractivity contribution is 0.366.